The fourth-order valence-corrected chi connectivity index (χ4v) is 7.07. The van der Waals surface area contributed by atoms with Crippen LogP contribution in [0.3, 0.4) is 0 Å². The lowest BCUT2D eigenvalue weighted by molar-refractivity contribution is -0.146. The molecule has 45 heavy (non-hydrogen) atoms. The summed E-state index contributed by atoms with van der Waals surface area (Å²) in [6.45, 7) is 6.47. The van der Waals surface area contributed by atoms with E-state index in [0.717, 1.165) is 48.4 Å². The van der Waals surface area contributed by atoms with E-state index in [1.54, 1.807) is 0 Å². The normalized spacial score (nSPS) is 25.6. The van der Waals surface area contributed by atoms with Gasteiger partial charge in [0, 0.05) is 13.0 Å². The van der Waals surface area contributed by atoms with Gasteiger partial charge in [-0.25, -0.2) is 9.59 Å². The first kappa shape index (κ1) is 32.7. The van der Waals surface area contributed by atoms with E-state index in [4.69, 9.17) is 9.47 Å². The SMILES string of the molecule is CCC1CC1(NC(=O)C1CC(OCc2cccc3ccccc23)CN1C(=O)C(NC(=O)OCC(C)C)C1CCCCC1)C(=O)O. The average Bonchev–Trinajstić information content (AvgIpc) is 3.60. The number of benzene rings is 2. The van der Waals surface area contributed by atoms with Gasteiger partial charge >= 0.3 is 12.1 Å². The third kappa shape index (κ3) is 7.43. The van der Waals surface area contributed by atoms with Crippen LogP contribution >= 0.6 is 0 Å². The van der Waals surface area contributed by atoms with Gasteiger partial charge in [0.05, 0.1) is 19.3 Å². The highest BCUT2D eigenvalue weighted by Gasteiger charge is 2.61. The molecule has 1 heterocycles. The highest BCUT2D eigenvalue weighted by molar-refractivity contribution is 5.96. The molecule has 1 saturated heterocycles. The monoisotopic (exact) mass is 621 g/mol. The van der Waals surface area contributed by atoms with E-state index in [1.165, 1.54) is 4.90 Å². The summed E-state index contributed by atoms with van der Waals surface area (Å²) in [5.74, 6) is -2.01. The molecule has 2 aromatic rings. The Balaban J connectivity index is 1.37. The van der Waals surface area contributed by atoms with Gasteiger partial charge in [-0.1, -0.05) is 88.9 Å². The van der Waals surface area contributed by atoms with Gasteiger partial charge in [0.1, 0.15) is 17.6 Å². The Kier molecular flexibility index (Phi) is 10.3. The molecule has 5 rings (SSSR count). The molecule has 2 aromatic carbocycles. The Morgan fingerprint density at radius 3 is 2.47 bits per heavy atom. The number of carbonyl (C=O) groups is 4. The smallest absolute Gasteiger partial charge is 0.407 e. The van der Waals surface area contributed by atoms with Gasteiger partial charge in [0.25, 0.3) is 0 Å². The second-order valence-corrected chi connectivity index (χ2v) is 13.4. The zero-order valence-electron chi connectivity index (χ0n) is 26.6. The maximum atomic E-state index is 14.4. The third-order valence-corrected chi connectivity index (χ3v) is 9.74. The Morgan fingerprint density at radius 1 is 1.04 bits per heavy atom. The third-order valence-electron chi connectivity index (χ3n) is 9.74. The number of nitrogens with zero attached hydrogens (tertiary/aromatic N) is 1. The lowest BCUT2D eigenvalue weighted by Crippen LogP contribution is -2.58. The van der Waals surface area contributed by atoms with Crippen molar-refractivity contribution in [2.75, 3.05) is 13.2 Å². The number of amides is 3. The number of rotatable bonds is 12. The fraction of sp³-hybridized carbons (Fsp3) is 0.600. The molecule has 0 aromatic heterocycles. The molecule has 3 N–H and O–H groups in total. The zero-order valence-corrected chi connectivity index (χ0v) is 26.6. The molecule has 1 aliphatic heterocycles. The number of fused-ring (bicyclic) bond motifs is 1. The lowest BCUT2D eigenvalue weighted by atomic mass is 9.83. The number of ether oxygens (including phenoxy) is 2. The quantitative estimate of drug-likeness (QED) is 0.303. The Labute approximate surface area is 265 Å². The molecule has 5 atom stereocenters. The second kappa shape index (κ2) is 14.2. The van der Waals surface area contributed by atoms with Crippen LogP contribution in [0, 0.1) is 17.8 Å². The van der Waals surface area contributed by atoms with Crippen molar-refractivity contribution in [1.29, 1.82) is 0 Å². The number of aliphatic carboxylic acids is 1. The van der Waals surface area contributed by atoms with E-state index < -0.39 is 41.7 Å². The van der Waals surface area contributed by atoms with Crippen LogP contribution in [0.2, 0.25) is 0 Å². The first-order chi connectivity index (χ1) is 21.6. The van der Waals surface area contributed by atoms with Crippen LogP contribution in [0.5, 0.6) is 0 Å². The molecule has 3 fully saturated rings. The highest BCUT2D eigenvalue weighted by Crippen LogP contribution is 2.46. The molecular formula is C35H47N3O7. The number of likely N-dealkylation sites (tertiary alicyclic amines) is 1. The van der Waals surface area contributed by atoms with E-state index in [2.05, 4.69) is 10.6 Å². The van der Waals surface area contributed by atoms with Crippen LogP contribution in [0.1, 0.15) is 77.7 Å². The minimum absolute atomic E-state index is 0.0875. The van der Waals surface area contributed by atoms with Crippen LogP contribution in [0.15, 0.2) is 42.5 Å². The predicted octanol–water partition coefficient (Wildman–Crippen LogP) is 5.03. The predicted molar refractivity (Wildman–Crippen MR) is 169 cm³/mol. The number of hydrogen-bond acceptors (Lipinski definition) is 6. The summed E-state index contributed by atoms with van der Waals surface area (Å²) in [6, 6.07) is 12.3. The van der Waals surface area contributed by atoms with Crippen molar-refractivity contribution in [1.82, 2.24) is 15.5 Å². The molecule has 10 heteroatoms. The summed E-state index contributed by atoms with van der Waals surface area (Å²) in [6.07, 6.45) is 4.67. The van der Waals surface area contributed by atoms with E-state index in [0.29, 0.717) is 19.4 Å². The molecule has 244 valence electrons. The minimum Gasteiger partial charge on any atom is -0.479 e. The Morgan fingerprint density at radius 2 is 1.78 bits per heavy atom. The van der Waals surface area contributed by atoms with Gasteiger partial charge in [-0.2, -0.15) is 0 Å². The minimum atomic E-state index is -1.32. The average molecular weight is 622 g/mol. The molecule has 5 unspecified atom stereocenters. The van der Waals surface area contributed by atoms with Crippen molar-refractivity contribution in [2.45, 2.75) is 102 Å². The maximum Gasteiger partial charge on any atom is 0.407 e. The number of carbonyl (C=O) groups excluding carboxylic acids is 3. The molecule has 0 spiro atoms. The van der Waals surface area contributed by atoms with Crippen molar-refractivity contribution < 1.29 is 33.8 Å². The Hall–Kier alpha value is -3.66. The summed E-state index contributed by atoms with van der Waals surface area (Å²) in [5, 5.41) is 17.8. The van der Waals surface area contributed by atoms with Gasteiger partial charge in [-0.15, -0.1) is 0 Å². The molecule has 2 aliphatic carbocycles. The largest absolute Gasteiger partial charge is 0.479 e. The van der Waals surface area contributed by atoms with Gasteiger partial charge in [-0.3, -0.25) is 9.59 Å². The van der Waals surface area contributed by atoms with Gasteiger partial charge in [0.2, 0.25) is 11.8 Å². The number of hydrogen-bond donors (Lipinski definition) is 3. The molecule has 10 nitrogen and oxygen atoms in total. The standard InChI is InChI=1S/C35H47N3O7/c1-4-26-18-35(26,33(41)42)37-31(39)29-17-27(44-21-25-15-10-14-23-11-8-9-16-28(23)25)19-38(29)32(40)30(24-12-6-5-7-13-24)36-34(43)45-20-22(2)3/h8-11,14-16,22,24,26-27,29-30H,4-7,12-13,17-21H2,1-3H3,(H,36,43)(H,37,39)(H,41,42). The summed E-state index contributed by atoms with van der Waals surface area (Å²) < 4.78 is 11.8. The number of alkyl carbamates (subject to hydrolysis) is 1. The van der Waals surface area contributed by atoms with Gasteiger partial charge in [-0.05, 0) is 53.4 Å². The molecule has 3 aliphatic rings. The molecule has 3 amide bonds. The first-order valence-electron chi connectivity index (χ1n) is 16.5. The van der Waals surface area contributed by atoms with E-state index in [1.807, 2.05) is 63.2 Å². The topological polar surface area (TPSA) is 134 Å². The summed E-state index contributed by atoms with van der Waals surface area (Å²) in [5.41, 5.74) is -0.313. The second-order valence-electron chi connectivity index (χ2n) is 13.4. The van der Waals surface area contributed by atoms with Crippen LogP contribution < -0.4 is 10.6 Å². The molecule has 0 radical (unpaired) electrons. The van der Waals surface area contributed by atoms with Crippen molar-refractivity contribution in [2.24, 2.45) is 17.8 Å². The molecule has 0 bridgehead atoms. The lowest BCUT2D eigenvalue weighted by Gasteiger charge is -2.34. The molecule has 2 saturated carbocycles. The van der Waals surface area contributed by atoms with Crippen molar-refractivity contribution in [3.05, 3.63) is 48.0 Å². The van der Waals surface area contributed by atoms with E-state index in [9.17, 15) is 24.3 Å². The number of carboxylic acids is 1. The fourth-order valence-electron chi connectivity index (χ4n) is 7.07. The molecular weight excluding hydrogens is 574 g/mol. The van der Waals surface area contributed by atoms with Crippen LogP contribution in [-0.2, 0) is 30.5 Å². The van der Waals surface area contributed by atoms with Crippen LogP contribution in [0.25, 0.3) is 10.8 Å². The highest BCUT2D eigenvalue weighted by atomic mass is 16.5. The number of nitrogens with one attached hydrogen (secondary N) is 2. The van der Waals surface area contributed by atoms with Gasteiger partial charge in [0.15, 0.2) is 0 Å². The van der Waals surface area contributed by atoms with Crippen LogP contribution in [-0.4, -0.2) is 70.8 Å². The summed E-state index contributed by atoms with van der Waals surface area (Å²) >= 11 is 0. The van der Waals surface area contributed by atoms with Crippen molar-refractivity contribution in [3.63, 3.8) is 0 Å². The maximum absolute atomic E-state index is 14.4. The van der Waals surface area contributed by atoms with Gasteiger partial charge < -0.3 is 30.1 Å². The first-order valence-corrected chi connectivity index (χ1v) is 16.5. The van der Waals surface area contributed by atoms with Crippen LogP contribution in [0.4, 0.5) is 4.79 Å². The van der Waals surface area contributed by atoms with E-state index in [-0.39, 0.29) is 43.2 Å². The number of carboxylic acid groups (broad SMARTS) is 1. The van der Waals surface area contributed by atoms with E-state index >= 15 is 0 Å². The van der Waals surface area contributed by atoms with Crippen molar-refractivity contribution >= 4 is 34.6 Å². The van der Waals surface area contributed by atoms with Crippen molar-refractivity contribution in [3.8, 4) is 0 Å². The Bertz CT molecular complexity index is 1390. The summed E-state index contributed by atoms with van der Waals surface area (Å²) in [4.78, 5) is 54.8. The summed E-state index contributed by atoms with van der Waals surface area (Å²) in [7, 11) is 0. The zero-order chi connectivity index (χ0) is 32.1.